The fourth-order valence-corrected chi connectivity index (χ4v) is 1.65. The van der Waals surface area contributed by atoms with E-state index in [4.69, 9.17) is 10.00 Å². The zero-order chi connectivity index (χ0) is 12.7. The van der Waals surface area contributed by atoms with Crippen LogP contribution in [0.5, 0.6) is 0 Å². The van der Waals surface area contributed by atoms with Gasteiger partial charge in [0, 0.05) is 25.9 Å². The third-order valence-corrected chi connectivity index (χ3v) is 2.61. The minimum Gasteiger partial charge on any atom is -0.383 e. The van der Waals surface area contributed by atoms with E-state index in [1.165, 1.54) is 0 Å². The molecule has 3 nitrogen and oxygen atoms in total. The summed E-state index contributed by atoms with van der Waals surface area (Å²) < 4.78 is 5.09. The molecule has 17 heavy (non-hydrogen) atoms. The second-order valence-corrected chi connectivity index (χ2v) is 3.84. The fraction of sp³-hybridized carbons (Fsp3) is 0.357. The maximum absolute atomic E-state index is 8.89. The lowest BCUT2D eigenvalue weighted by Gasteiger charge is -2.23. The van der Waals surface area contributed by atoms with Crippen molar-refractivity contribution in [3.63, 3.8) is 0 Å². The minimum atomic E-state index is 0.674. The number of benzene rings is 1. The van der Waals surface area contributed by atoms with Crippen molar-refractivity contribution in [1.82, 2.24) is 0 Å². The van der Waals surface area contributed by atoms with Crippen LogP contribution >= 0.6 is 0 Å². The van der Waals surface area contributed by atoms with E-state index in [1.54, 1.807) is 7.11 Å². The smallest absolute Gasteiger partial charge is 0.0994 e. The Kier molecular flexibility index (Phi) is 5.25. The van der Waals surface area contributed by atoms with Gasteiger partial charge in [0.25, 0.3) is 0 Å². The van der Waals surface area contributed by atoms with Gasteiger partial charge in [0.15, 0.2) is 0 Å². The summed E-state index contributed by atoms with van der Waals surface area (Å²) in [7, 11) is 1.69. The summed E-state index contributed by atoms with van der Waals surface area (Å²) in [4.78, 5) is 2.17. The Labute approximate surface area is 103 Å². The average molecular weight is 230 g/mol. The lowest BCUT2D eigenvalue weighted by molar-refractivity contribution is 0.206. The number of nitriles is 1. The molecule has 0 saturated carbocycles. The summed E-state index contributed by atoms with van der Waals surface area (Å²) in [6, 6.07) is 8.02. The molecule has 0 aromatic heterocycles. The van der Waals surface area contributed by atoms with Crippen LogP contribution in [0.3, 0.4) is 0 Å². The molecule has 3 heteroatoms. The largest absolute Gasteiger partial charge is 0.383 e. The molecule has 1 rings (SSSR count). The molecule has 0 amide bonds. The van der Waals surface area contributed by atoms with E-state index in [1.807, 2.05) is 31.2 Å². The monoisotopic (exact) mass is 230 g/mol. The third kappa shape index (κ3) is 3.61. The Morgan fingerprint density at radius 3 is 2.82 bits per heavy atom. The highest BCUT2D eigenvalue weighted by molar-refractivity contribution is 5.53. The number of aryl methyl sites for hydroxylation is 1. The average Bonchev–Trinajstić information content (AvgIpc) is 2.34. The highest BCUT2D eigenvalue weighted by Gasteiger charge is 2.06. The van der Waals surface area contributed by atoms with E-state index < -0.39 is 0 Å². The molecule has 0 saturated heterocycles. The van der Waals surface area contributed by atoms with Crippen LogP contribution in [-0.4, -0.2) is 26.8 Å². The van der Waals surface area contributed by atoms with Crippen molar-refractivity contribution in [2.45, 2.75) is 6.92 Å². The summed E-state index contributed by atoms with van der Waals surface area (Å²) in [5.74, 6) is 0. The number of ether oxygens (including phenoxy) is 1. The topological polar surface area (TPSA) is 36.3 Å². The first-order chi connectivity index (χ1) is 8.22. The van der Waals surface area contributed by atoms with Crippen molar-refractivity contribution in [1.29, 1.82) is 5.26 Å². The number of methoxy groups -OCH3 is 1. The van der Waals surface area contributed by atoms with E-state index in [9.17, 15) is 0 Å². The molecule has 90 valence electrons. The first kappa shape index (κ1) is 13.3. The maximum Gasteiger partial charge on any atom is 0.0994 e. The Balaban J connectivity index is 2.90. The summed E-state index contributed by atoms with van der Waals surface area (Å²) in [5.41, 5.74) is 2.81. The molecule has 0 bridgehead atoms. The molecule has 0 radical (unpaired) electrons. The van der Waals surface area contributed by atoms with Gasteiger partial charge in [0.2, 0.25) is 0 Å². The van der Waals surface area contributed by atoms with Crippen molar-refractivity contribution in [2.24, 2.45) is 0 Å². The van der Waals surface area contributed by atoms with Gasteiger partial charge in [-0.2, -0.15) is 5.26 Å². The molecular formula is C14H18N2O. The van der Waals surface area contributed by atoms with Crippen LogP contribution in [-0.2, 0) is 4.74 Å². The Bertz CT molecular complexity index is 421. The van der Waals surface area contributed by atoms with Gasteiger partial charge in [-0.05, 0) is 30.7 Å². The number of nitrogens with zero attached hydrogens (tertiary/aromatic N) is 2. The van der Waals surface area contributed by atoms with E-state index >= 15 is 0 Å². The molecule has 0 heterocycles. The van der Waals surface area contributed by atoms with Crippen LogP contribution in [0.1, 0.15) is 11.1 Å². The normalized spacial score (nSPS) is 9.71. The summed E-state index contributed by atoms with van der Waals surface area (Å²) in [6.45, 7) is 7.96. The van der Waals surface area contributed by atoms with E-state index in [-0.39, 0.29) is 0 Å². The molecule has 0 spiro atoms. The summed E-state index contributed by atoms with van der Waals surface area (Å²) >= 11 is 0. The van der Waals surface area contributed by atoms with E-state index in [2.05, 4.69) is 17.5 Å². The van der Waals surface area contributed by atoms with Crippen molar-refractivity contribution < 1.29 is 4.74 Å². The van der Waals surface area contributed by atoms with Crippen LogP contribution in [0, 0.1) is 18.3 Å². The number of hydrogen-bond acceptors (Lipinski definition) is 3. The molecule has 1 aromatic rings. The SMILES string of the molecule is C=CCN(CCOC)c1ccc(C#N)c(C)c1. The van der Waals surface area contributed by atoms with Crippen LogP contribution in [0.15, 0.2) is 30.9 Å². The molecule has 0 unspecified atom stereocenters. The standard InChI is InChI=1S/C14H18N2O/c1-4-7-16(8-9-17-3)14-6-5-13(11-15)12(2)10-14/h4-6,10H,1,7-9H2,2-3H3. The van der Waals surface area contributed by atoms with Gasteiger partial charge in [0.1, 0.15) is 0 Å². The highest BCUT2D eigenvalue weighted by atomic mass is 16.5. The van der Waals surface area contributed by atoms with Gasteiger partial charge in [-0.15, -0.1) is 6.58 Å². The van der Waals surface area contributed by atoms with Gasteiger partial charge in [-0.3, -0.25) is 0 Å². The minimum absolute atomic E-state index is 0.674. The predicted molar refractivity (Wildman–Crippen MR) is 70.2 cm³/mol. The number of anilines is 1. The number of rotatable bonds is 6. The van der Waals surface area contributed by atoms with Gasteiger partial charge in [0.05, 0.1) is 18.2 Å². The van der Waals surface area contributed by atoms with Crippen LogP contribution in [0.4, 0.5) is 5.69 Å². The summed E-state index contributed by atoms with van der Waals surface area (Å²) in [6.07, 6.45) is 1.86. The van der Waals surface area contributed by atoms with Crippen molar-refractivity contribution in [2.75, 3.05) is 31.7 Å². The molecule has 0 aliphatic heterocycles. The van der Waals surface area contributed by atoms with Gasteiger partial charge >= 0.3 is 0 Å². The van der Waals surface area contributed by atoms with Crippen molar-refractivity contribution >= 4 is 5.69 Å². The fourth-order valence-electron chi connectivity index (χ4n) is 1.65. The lowest BCUT2D eigenvalue weighted by Crippen LogP contribution is -2.27. The van der Waals surface area contributed by atoms with Gasteiger partial charge in [-0.1, -0.05) is 6.08 Å². The van der Waals surface area contributed by atoms with Crippen LogP contribution < -0.4 is 4.90 Å². The van der Waals surface area contributed by atoms with Crippen LogP contribution in [0.2, 0.25) is 0 Å². The Morgan fingerprint density at radius 2 is 2.29 bits per heavy atom. The molecule has 0 N–H and O–H groups in total. The van der Waals surface area contributed by atoms with Crippen molar-refractivity contribution in [3.05, 3.63) is 42.0 Å². The predicted octanol–water partition coefficient (Wildman–Crippen LogP) is 2.51. The Morgan fingerprint density at radius 1 is 1.53 bits per heavy atom. The maximum atomic E-state index is 8.89. The summed E-state index contributed by atoms with van der Waals surface area (Å²) in [5, 5.41) is 8.89. The van der Waals surface area contributed by atoms with Crippen LogP contribution in [0.25, 0.3) is 0 Å². The second kappa shape index (κ2) is 6.72. The van der Waals surface area contributed by atoms with Crippen molar-refractivity contribution in [3.8, 4) is 6.07 Å². The molecule has 0 fully saturated rings. The highest BCUT2D eigenvalue weighted by Crippen LogP contribution is 2.18. The van der Waals surface area contributed by atoms with E-state index in [0.717, 1.165) is 29.9 Å². The zero-order valence-electron chi connectivity index (χ0n) is 10.4. The molecular weight excluding hydrogens is 212 g/mol. The van der Waals surface area contributed by atoms with Gasteiger partial charge < -0.3 is 9.64 Å². The molecule has 0 aliphatic carbocycles. The molecule has 0 aliphatic rings. The zero-order valence-corrected chi connectivity index (χ0v) is 10.4. The lowest BCUT2D eigenvalue weighted by atomic mass is 10.1. The first-order valence-corrected chi connectivity index (χ1v) is 5.58. The third-order valence-electron chi connectivity index (χ3n) is 2.61. The molecule has 0 atom stereocenters. The quantitative estimate of drug-likeness (QED) is 0.704. The van der Waals surface area contributed by atoms with E-state index in [0.29, 0.717) is 6.61 Å². The van der Waals surface area contributed by atoms with Gasteiger partial charge in [-0.25, -0.2) is 0 Å². The Hall–Kier alpha value is -1.79. The number of hydrogen-bond donors (Lipinski definition) is 0. The first-order valence-electron chi connectivity index (χ1n) is 5.58. The molecule has 1 aromatic carbocycles. The second-order valence-electron chi connectivity index (χ2n) is 3.84.